The van der Waals surface area contributed by atoms with Crippen molar-refractivity contribution in [1.82, 2.24) is 4.90 Å². The molecule has 4 atom stereocenters. The van der Waals surface area contributed by atoms with E-state index in [1.54, 1.807) is 14.0 Å². The van der Waals surface area contributed by atoms with Gasteiger partial charge in [0.1, 0.15) is 12.1 Å². The van der Waals surface area contributed by atoms with Crippen molar-refractivity contribution < 1.29 is 58.4 Å². The summed E-state index contributed by atoms with van der Waals surface area (Å²) in [6.45, 7) is 5.55. The number of ether oxygens (including phenoxy) is 1. The zero-order chi connectivity index (χ0) is 15.5. The molecule has 1 aliphatic rings. The van der Waals surface area contributed by atoms with Crippen molar-refractivity contribution in [3.63, 3.8) is 0 Å². The molecule has 0 saturated carbocycles. The van der Waals surface area contributed by atoms with Gasteiger partial charge < -0.3 is 15.3 Å². The maximum absolute atomic E-state index is 11.7. The minimum absolute atomic E-state index is 0. The van der Waals surface area contributed by atoms with Crippen LogP contribution in [0.4, 0.5) is 0 Å². The molecule has 4 unspecified atom stereocenters. The van der Waals surface area contributed by atoms with Crippen molar-refractivity contribution in [3.8, 4) is 0 Å². The van der Waals surface area contributed by atoms with Gasteiger partial charge in [-0.1, -0.05) is 19.9 Å². The van der Waals surface area contributed by atoms with E-state index in [1.807, 2.05) is 25.8 Å². The van der Waals surface area contributed by atoms with Crippen molar-refractivity contribution in [3.05, 3.63) is 5.73 Å². The minimum atomic E-state index is -0.564. The molecule has 0 aromatic rings. The Labute approximate surface area is 163 Å². The average Bonchev–Trinajstić information content (AvgIpc) is 2.78. The molecule has 1 fully saturated rings. The predicted octanol–water partition coefficient (Wildman–Crippen LogP) is 2.09. The van der Waals surface area contributed by atoms with Crippen LogP contribution in [-0.2, 0) is 14.3 Å². The number of nitrogens with one attached hydrogen (secondary N) is 1. The number of methoxy groups -OCH3 is 1. The van der Waals surface area contributed by atoms with E-state index in [1.165, 1.54) is 0 Å². The number of nitrogens with zero attached hydrogens (tertiary/aromatic N) is 1. The van der Waals surface area contributed by atoms with E-state index in [9.17, 15) is 9.59 Å². The first-order valence-corrected chi connectivity index (χ1v) is 7.32. The predicted molar refractivity (Wildman–Crippen MR) is 78.6 cm³/mol. The molecule has 0 aromatic heterocycles. The summed E-state index contributed by atoms with van der Waals surface area (Å²) in [6, 6.07) is -1.07. The monoisotopic (exact) mass is 510 g/mol. The molecule has 0 bridgehead atoms. The normalized spacial score (nSPS) is 28.0. The van der Waals surface area contributed by atoms with Crippen molar-refractivity contribution in [1.29, 1.82) is 0 Å². The molecule has 119 valence electrons. The fourth-order valence-electron chi connectivity index (χ4n) is 3.56. The number of hydrogen-bond donors (Lipinski definition) is 0. The van der Waals surface area contributed by atoms with Gasteiger partial charge in [0.2, 0.25) is 0 Å². The van der Waals surface area contributed by atoms with Gasteiger partial charge in [0.15, 0.2) is 0 Å². The number of rotatable bonds is 7. The Morgan fingerprint density at radius 2 is 2.00 bits per heavy atom. The van der Waals surface area contributed by atoms with Crippen LogP contribution in [-0.4, -0.2) is 54.9 Å². The molecule has 1 N–H and O–H groups in total. The summed E-state index contributed by atoms with van der Waals surface area (Å²) in [5.41, 5.74) is 8.07. The first-order valence-electron chi connectivity index (χ1n) is 7.32. The fourth-order valence-corrected chi connectivity index (χ4v) is 3.56. The molecule has 1 saturated heterocycles. The van der Waals surface area contributed by atoms with E-state index in [-0.39, 0.29) is 67.8 Å². The van der Waals surface area contributed by atoms with Crippen LogP contribution in [0, 0.1) is 50.0 Å². The van der Waals surface area contributed by atoms with E-state index in [2.05, 4.69) is 0 Å². The van der Waals surface area contributed by atoms with E-state index in [4.69, 9.17) is 10.5 Å². The van der Waals surface area contributed by atoms with Crippen LogP contribution >= 0.6 is 0 Å². The van der Waals surface area contributed by atoms with Crippen LogP contribution in [0.25, 0.3) is 5.73 Å². The Kier molecular flexibility index (Phi) is 9.36. The number of ketones is 1. The van der Waals surface area contributed by atoms with Gasteiger partial charge in [0, 0.05) is 63.1 Å². The Morgan fingerprint density at radius 3 is 2.33 bits per heavy atom. The average molecular weight is 510 g/mol. The molecular formula is C15H27AcN2O3-. The third-order valence-corrected chi connectivity index (χ3v) is 5.05. The number of carbonyl (C=O) groups is 2. The molecule has 5 nitrogen and oxygen atoms in total. The first-order chi connectivity index (χ1) is 9.38. The van der Waals surface area contributed by atoms with Gasteiger partial charge in [-0.25, -0.2) is 0 Å². The molecule has 1 heterocycles. The number of carbonyl (C=O) groups excluding carboxylic acids is 2. The van der Waals surface area contributed by atoms with Gasteiger partial charge in [-0.05, 0) is 33.2 Å². The Hall–Kier alpha value is 0.662. The number of likely N-dealkylation sites (tertiary alicyclic amines) is 1. The maximum Gasteiger partial charge on any atom is 0.146 e. The Balaban J connectivity index is 0.00000400. The maximum atomic E-state index is 11.7. The Morgan fingerprint density at radius 1 is 1.48 bits per heavy atom. The molecule has 1 radical (unpaired) electrons. The second-order valence-electron chi connectivity index (χ2n) is 5.77. The number of hydrogen-bond acceptors (Lipinski definition) is 4. The van der Waals surface area contributed by atoms with E-state index < -0.39 is 11.6 Å². The zero-order valence-electron chi connectivity index (χ0n) is 13.8. The van der Waals surface area contributed by atoms with Crippen LogP contribution < -0.4 is 0 Å². The molecule has 1 aliphatic heterocycles. The SMILES string of the molecule is CCC(CC)(OC)C([NH-])C1C(C=O)CC(C(C)=O)N1C.[Ac]. The summed E-state index contributed by atoms with van der Waals surface area (Å²) in [7, 11) is 3.47. The van der Waals surface area contributed by atoms with Crippen LogP contribution in [0.5, 0.6) is 0 Å². The molecule has 0 aliphatic carbocycles. The molecular weight excluding hydrogens is 483 g/mol. The van der Waals surface area contributed by atoms with E-state index >= 15 is 0 Å². The van der Waals surface area contributed by atoms with Crippen molar-refractivity contribution in [2.45, 2.75) is 63.8 Å². The fraction of sp³-hybridized carbons (Fsp3) is 0.867. The molecule has 0 aromatic carbocycles. The van der Waals surface area contributed by atoms with Crippen LogP contribution in [0.15, 0.2) is 0 Å². The largest absolute Gasteiger partial charge is 0.671 e. The summed E-state index contributed by atoms with van der Waals surface area (Å²) in [4.78, 5) is 25.0. The van der Waals surface area contributed by atoms with Crippen LogP contribution in [0.1, 0.15) is 40.0 Å². The van der Waals surface area contributed by atoms with Gasteiger partial charge in [-0.15, -0.1) is 0 Å². The third-order valence-electron chi connectivity index (χ3n) is 5.05. The van der Waals surface area contributed by atoms with Crippen LogP contribution in [0.3, 0.4) is 0 Å². The second-order valence-corrected chi connectivity index (χ2v) is 5.77. The minimum Gasteiger partial charge on any atom is -0.671 e. The quantitative estimate of drug-likeness (QED) is 0.492. The first kappa shape index (κ1) is 21.7. The summed E-state index contributed by atoms with van der Waals surface area (Å²) >= 11 is 0. The Bertz CT molecular complexity index is 353. The van der Waals surface area contributed by atoms with Crippen molar-refractivity contribution in [2.24, 2.45) is 5.92 Å². The molecule has 0 spiro atoms. The number of likely N-dealkylation sites (N-methyl/N-ethyl adjacent to an activating group) is 1. The van der Waals surface area contributed by atoms with E-state index in [0.717, 1.165) is 19.1 Å². The summed E-state index contributed by atoms with van der Waals surface area (Å²) in [6.07, 6.45) is 2.85. The van der Waals surface area contributed by atoms with Gasteiger partial charge in [-0.2, -0.15) is 0 Å². The molecule has 0 amide bonds. The smallest absolute Gasteiger partial charge is 0.146 e. The summed E-state index contributed by atoms with van der Waals surface area (Å²) in [5, 5.41) is 0. The van der Waals surface area contributed by atoms with E-state index in [0.29, 0.717) is 6.42 Å². The molecule has 6 heteroatoms. The van der Waals surface area contributed by atoms with Crippen molar-refractivity contribution in [2.75, 3.05) is 14.2 Å². The molecule has 21 heavy (non-hydrogen) atoms. The topological polar surface area (TPSA) is 70.4 Å². The van der Waals surface area contributed by atoms with Gasteiger partial charge in [0.05, 0.1) is 11.6 Å². The second kappa shape index (κ2) is 9.08. The van der Waals surface area contributed by atoms with Gasteiger partial charge >= 0.3 is 0 Å². The van der Waals surface area contributed by atoms with Crippen LogP contribution in [0.2, 0.25) is 0 Å². The zero-order valence-corrected chi connectivity index (χ0v) is 18.5. The van der Waals surface area contributed by atoms with Crippen molar-refractivity contribution >= 4 is 12.1 Å². The number of aldehydes is 1. The number of Topliss-reactive ketones (excluding diaryl/α,β-unsaturated/α-hetero) is 1. The van der Waals surface area contributed by atoms with Gasteiger partial charge in [0.25, 0.3) is 0 Å². The standard InChI is InChI=1S/C15H27N2O3.Ac/c1-6-15(7-2,20-5)14(16)13-11(9-18)8-12(10(3)19)17(13)4;/h9,11-14,16H,6-8H2,1-5H3;/q-1;. The molecule has 1 rings (SSSR count). The summed E-state index contributed by atoms with van der Waals surface area (Å²) < 4.78 is 5.63. The third kappa shape index (κ3) is 4.15. The van der Waals surface area contributed by atoms with Gasteiger partial charge in [-0.3, -0.25) is 9.69 Å². The summed E-state index contributed by atoms with van der Waals surface area (Å²) in [5.74, 6) is -0.214.